The summed E-state index contributed by atoms with van der Waals surface area (Å²) in [6.45, 7) is 8.46. The van der Waals surface area contributed by atoms with Crippen LogP contribution in [-0.4, -0.2) is 10.9 Å². The van der Waals surface area contributed by atoms with E-state index in [1.54, 1.807) is 0 Å². The van der Waals surface area contributed by atoms with E-state index >= 15 is 0 Å². The zero-order chi connectivity index (χ0) is 18.0. The van der Waals surface area contributed by atoms with Crippen molar-refractivity contribution in [1.82, 2.24) is 4.98 Å². The Balaban J connectivity index is 1.74. The van der Waals surface area contributed by atoms with Gasteiger partial charge in [-0.2, -0.15) is 0 Å². The third kappa shape index (κ3) is 3.97. The lowest BCUT2D eigenvalue weighted by Gasteiger charge is -2.06. The van der Waals surface area contributed by atoms with Crippen molar-refractivity contribution < 1.29 is 4.79 Å². The standard InChI is InChI=1S/C21H22N2OS/c1-13(2)16-7-9-17(10-8-16)20(24)23-21-22-19(12-25-21)18-6-5-14(3)15(4)11-18/h5-13H,1-4H3,(H,22,23,24). The van der Waals surface area contributed by atoms with E-state index in [0.717, 1.165) is 11.3 Å². The average molecular weight is 350 g/mol. The SMILES string of the molecule is Cc1ccc(-c2csc(NC(=O)c3ccc(C(C)C)cc3)n2)cc1C. The van der Waals surface area contributed by atoms with Crippen molar-refractivity contribution in [2.24, 2.45) is 0 Å². The predicted octanol–water partition coefficient (Wildman–Crippen LogP) is 5.80. The first-order valence-corrected chi connectivity index (χ1v) is 9.26. The molecule has 3 aromatic rings. The molecule has 1 heterocycles. The summed E-state index contributed by atoms with van der Waals surface area (Å²) in [5.74, 6) is 0.327. The highest BCUT2D eigenvalue weighted by molar-refractivity contribution is 7.14. The van der Waals surface area contributed by atoms with Crippen molar-refractivity contribution in [2.75, 3.05) is 5.32 Å². The van der Waals surface area contributed by atoms with E-state index in [-0.39, 0.29) is 5.91 Å². The number of carbonyl (C=O) groups is 1. The van der Waals surface area contributed by atoms with Crippen molar-refractivity contribution >= 4 is 22.4 Å². The summed E-state index contributed by atoms with van der Waals surface area (Å²) in [5, 5.41) is 5.48. The molecule has 0 aliphatic carbocycles. The van der Waals surface area contributed by atoms with Crippen LogP contribution in [0.3, 0.4) is 0 Å². The highest BCUT2D eigenvalue weighted by atomic mass is 32.1. The number of anilines is 1. The number of nitrogens with one attached hydrogen (secondary N) is 1. The van der Waals surface area contributed by atoms with Crippen LogP contribution in [0.15, 0.2) is 47.8 Å². The van der Waals surface area contributed by atoms with E-state index in [0.29, 0.717) is 16.6 Å². The molecular weight excluding hydrogens is 328 g/mol. The van der Waals surface area contributed by atoms with Crippen molar-refractivity contribution in [3.63, 3.8) is 0 Å². The predicted molar refractivity (Wildman–Crippen MR) is 106 cm³/mol. The smallest absolute Gasteiger partial charge is 0.257 e. The van der Waals surface area contributed by atoms with Gasteiger partial charge in [-0.15, -0.1) is 11.3 Å². The lowest BCUT2D eigenvalue weighted by atomic mass is 10.0. The van der Waals surface area contributed by atoms with Gasteiger partial charge in [-0.25, -0.2) is 4.98 Å². The van der Waals surface area contributed by atoms with E-state index in [2.05, 4.69) is 56.2 Å². The van der Waals surface area contributed by atoms with Gasteiger partial charge in [0.2, 0.25) is 0 Å². The Labute approximate surface area is 152 Å². The maximum absolute atomic E-state index is 12.4. The number of carbonyl (C=O) groups excluding carboxylic acids is 1. The van der Waals surface area contributed by atoms with Gasteiger partial charge >= 0.3 is 0 Å². The Morgan fingerprint density at radius 1 is 1.04 bits per heavy atom. The van der Waals surface area contributed by atoms with Crippen LogP contribution in [0, 0.1) is 13.8 Å². The van der Waals surface area contributed by atoms with Gasteiger partial charge in [-0.1, -0.05) is 38.1 Å². The second-order valence-corrected chi connectivity index (χ2v) is 7.43. The molecule has 0 fully saturated rings. The molecule has 128 valence electrons. The zero-order valence-electron chi connectivity index (χ0n) is 15.0. The quantitative estimate of drug-likeness (QED) is 0.646. The molecule has 0 spiro atoms. The Morgan fingerprint density at radius 3 is 2.40 bits per heavy atom. The van der Waals surface area contributed by atoms with Gasteiger partial charge in [0, 0.05) is 16.5 Å². The van der Waals surface area contributed by atoms with Crippen LogP contribution in [0.4, 0.5) is 5.13 Å². The summed E-state index contributed by atoms with van der Waals surface area (Å²) in [7, 11) is 0. The highest BCUT2D eigenvalue weighted by Gasteiger charge is 2.11. The number of rotatable bonds is 4. The maximum Gasteiger partial charge on any atom is 0.257 e. The van der Waals surface area contributed by atoms with Crippen molar-refractivity contribution in [3.05, 3.63) is 70.1 Å². The van der Waals surface area contributed by atoms with Crippen LogP contribution < -0.4 is 5.32 Å². The Bertz CT molecular complexity index is 895. The molecule has 0 bridgehead atoms. The Morgan fingerprint density at radius 2 is 1.76 bits per heavy atom. The first kappa shape index (κ1) is 17.4. The summed E-state index contributed by atoms with van der Waals surface area (Å²) < 4.78 is 0. The fourth-order valence-electron chi connectivity index (χ4n) is 2.55. The number of hydrogen-bond acceptors (Lipinski definition) is 3. The lowest BCUT2D eigenvalue weighted by Crippen LogP contribution is -2.11. The van der Waals surface area contributed by atoms with Gasteiger partial charge in [0.1, 0.15) is 0 Å². The first-order valence-electron chi connectivity index (χ1n) is 8.38. The van der Waals surface area contributed by atoms with Crippen LogP contribution in [0.25, 0.3) is 11.3 Å². The molecule has 0 saturated carbocycles. The van der Waals surface area contributed by atoms with Crippen LogP contribution in [0.1, 0.15) is 46.8 Å². The van der Waals surface area contributed by atoms with Crippen LogP contribution in [0.2, 0.25) is 0 Å². The molecule has 1 N–H and O–H groups in total. The topological polar surface area (TPSA) is 42.0 Å². The van der Waals surface area contributed by atoms with Gasteiger partial charge in [-0.05, 0) is 54.7 Å². The second kappa shape index (κ2) is 7.19. The van der Waals surface area contributed by atoms with E-state index < -0.39 is 0 Å². The van der Waals surface area contributed by atoms with Crippen LogP contribution in [-0.2, 0) is 0 Å². The number of hydrogen-bond donors (Lipinski definition) is 1. The Kier molecular flexibility index (Phi) is 5.00. The highest BCUT2D eigenvalue weighted by Crippen LogP contribution is 2.27. The molecule has 1 amide bonds. The number of amides is 1. The van der Waals surface area contributed by atoms with Crippen molar-refractivity contribution in [2.45, 2.75) is 33.6 Å². The summed E-state index contributed by atoms with van der Waals surface area (Å²) in [6, 6.07) is 14.0. The molecule has 3 rings (SSSR count). The third-order valence-electron chi connectivity index (χ3n) is 4.37. The fraction of sp³-hybridized carbons (Fsp3) is 0.238. The summed E-state index contributed by atoms with van der Waals surface area (Å²) >= 11 is 1.44. The second-order valence-electron chi connectivity index (χ2n) is 6.57. The van der Waals surface area contributed by atoms with Crippen molar-refractivity contribution in [3.8, 4) is 11.3 Å². The zero-order valence-corrected chi connectivity index (χ0v) is 15.8. The molecule has 2 aromatic carbocycles. The first-order chi connectivity index (χ1) is 11.9. The molecule has 3 nitrogen and oxygen atoms in total. The molecule has 4 heteroatoms. The number of aromatic nitrogens is 1. The minimum atomic E-state index is -0.128. The molecule has 0 unspecified atom stereocenters. The van der Waals surface area contributed by atoms with Gasteiger partial charge in [0.05, 0.1) is 5.69 Å². The monoisotopic (exact) mass is 350 g/mol. The summed E-state index contributed by atoms with van der Waals surface area (Å²) in [4.78, 5) is 16.9. The van der Waals surface area contributed by atoms with Gasteiger partial charge in [-0.3, -0.25) is 10.1 Å². The van der Waals surface area contributed by atoms with E-state index in [1.807, 2.05) is 29.6 Å². The number of benzene rings is 2. The van der Waals surface area contributed by atoms with Crippen LogP contribution in [0.5, 0.6) is 0 Å². The minimum Gasteiger partial charge on any atom is -0.298 e. The summed E-state index contributed by atoms with van der Waals surface area (Å²) in [5.41, 5.74) is 6.33. The molecule has 0 saturated heterocycles. The van der Waals surface area contributed by atoms with E-state index in [9.17, 15) is 4.79 Å². The minimum absolute atomic E-state index is 0.128. The van der Waals surface area contributed by atoms with E-state index in [1.165, 1.54) is 28.0 Å². The molecule has 0 radical (unpaired) electrons. The molecule has 25 heavy (non-hydrogen) atoms. The molecule has 0 aliphatic rings. The molecular formula is C21H22N2OS. The average Bonchev–Trinajstić information content (AvgIpc) is 3.06. The number of thiazole rings is 1. The van der Waals surface area contributed by atoms with Crippen LogP contribution >= 0.6 is 11.3 Å². The Hall–Kier alpha value is -2.46. The van der Waals surface area contributed by atoms with Gasteiger partial charge < -0.3 is 0 Å². The van der Waals surface area contributed by atoms with Crippen molar-refractivity contribution in [1.29, 1.82) is 0 Å². The fourth-order valence-corrected chi connectivity index (χ4v) is 3.27. The summed E-state index contributed by atoms with van der Waals surface area (Å²) in [6.07, 6.45) is 0. The van der Waals surface area contributed by atoms with Gasteiger partial charge in [0.25, 0.3) is 5.91 Å². The number of nitrogens with zero attached hydrogens (tertiary/aromatic N) is 1. The van der Waals surface area contributed by atoms with E-state index in [4.69, 9.17) is 0 Å². The largest absolute Gasteiger partial charge is 0.298 e. The molecule has 1 aromatic heterocycles. The lowest BCUT2D eigenvalue weighted by molar-refractivity contribution is 0.102. The number of aryl methyl sites for hydroxylation is 2. The van der Waals surface area contributed by atoms with Gasteiger partial charge in [0.15, 0.2) is 5.13 Å². The molecule has 0 aliphatic heterocycles. The third-order valence-corrected chi connectivity index (χ3v) is 5.12. The molecule has 0 atom stereocenters. The maximum atomic E-state index is 12.4. The normalized spacial score (nSPS) is 10.9.